The number of carbonyl (C=O) groups excluding carboxylic acids is 1. The van der Waals surface area contributed by atoms with Crippen molar-refractivity contribution in [3.05, 3.63) is 0 Å². The lowest BCUT2D eigenvalue weighted by Crippen LogP contribution is -2.45. The third-order valence-corrected chi connectivity index (χ3v) is 3.05. The Morgan fingerprint density at radius 1 is 1.50 bits per heavy atom. The van der Waals surface area contributed by atoms with Crippen molar-refractivity contribution in [1.82, 2.24) is 5.32 Å². The minimum Gasteiger partial charge on any atom is -0.350 e. The lowest BCUT2D eigenvalue weighted by molar-refractivity contribution is -0.122. The van der Waals surface area contributed by atoms with Crippen LogP contribution in [0.3, 0.4) is 0 Å². The number of halogens is 1. The van der Waals surface area contributed by atoms with Crippen LogP contribution >= 0.6 is 15.9 Å². The molecule has 0 aromatic heterocycles. The van der Waals surface area contributed by atoms with E-state index < -0.39 is 0 Å². The van der Waals surface area contributed by atoms with E-state index in [9.17, 15) is 4.79 Å². The standard InChI is InChI=1S/C9H18BrNO/c1-5-7(10)8(12)11-9(3,4)6-2/h7H,5-6H2,1-4H3,(H,11,12). The van der Waals surface area contributed by atoms with Crippen LogP contribution in [0.4, 0.5) is 0 Å². The van der Waals surface area contributed by atoms with Gasteiger partial charge < -0.3 is 5.32 Å². The Hall–Kier alpha value is -0.0500. The Bertz CT molecular complexity index is 157. The summed E-state index contributed by atoms with van der Waals surface area (Å²) in [6.45, 7) is 8.11. The summed E-state index contributed by atoms with van der Waals surface area (Å²) < 4.78 is 0. The van der Waals surface area contributed by atoms with E-state index in [0.717, 1.165) is 12.8 Å². The minimum absolute atomic E-state index is 0.0525. The van der Waals surface area contributed by atoms with Crippen molar-refractivity contribution < 1.29 is 4.79 Å². The number of rotatable bonds is 4. The quantitative estimate of drug-likeness (QED) is 0.746. The van der Waals surface area contributed by atoms with Gasteiger partial charge in [-0.25, -0.2) is 0 Å². The zero-order chi connectivity index (χ0) is 9.78. The van der Waals surface area contributed by atoms with E-state index in [4.69, 9.17) is 0 Å². The lowest BCUT2D eigenvalue weighted by atomic mass is 10.0. The third-order valence-electron chi connectivity index (χ3n) is 1.99. The van der Waals surface area contributed by atoms with Crippen molar-refractivity contribution in [2.24, 2.45) is 0 Å². The second kappa shape index (κ2) is 4.85. The highest BCUT2D eigenvalue weighted by Crippen LogP contribution is 2.10. The number of alkyl halides is 1. The van der Waals surface area contributed by atoms with Gasteiger partial charge in [0.15, 0.2) is 0 Å². The summed E-state index contributed by atoms with van der Waals surface area (Å²) in [7, 11) is 0. The molecule has 12 heavy (non-hydrogen) atoms. The van der Waals surface area contributed by atoms with Crippen molar-refractivity contribution >= 4 is 21.8 Å². The van der Waals surface area contributed by atoms with Gasteiger partial charge in [-0.3, -0.25) is 4.79 Å². The SMILES string of the molecule is CCC(Br)C(=O)NC(C)(C)CC. The first-order valence-electron chi connectivity index (χ1n) is 4.39. The molecule has 0 aliphatic carbocycles. The maximum Gasteiger partial charge on any atom is 0.234 e. The number of carbonyl (C=O) groups is 1. The van der Waals surface area contributed by atoms with E-state index in [1.165, 1.54) is 0 Å². The van der Waals surface area contributed by atoms with Gasteiger partial charge in [-0.2, -0.15) is 0 Å². The first kappa shape index (κ1) is 11.9. The van der Waals surface area contributed by atoms with Gasteiger partial charge in [0.05, 0.1) is 4.83 Å². The maximum absolute atomic E-state index is 11.4. The van der Waals surface area contributed by atoms with Crippen molar-refractivity contribution in [3.8, 4) is 0 Å². The van der Waals surface area contributed by atoms with Gasteiger partial charge in [-0.05, 0) is 26.7 Å². The molecule has 0 saturated carbocycles. The molecule has 3 heteroatoms. The summed E-state index contributed by atoms with van der Waals surface area (Å²) in [4.78, 5) is 11.3. The summed E-state index contributed by atoms with van der Waals surface area (Å²) in [5.74, 6) is 0.0874. The van der Waals surface area contributed by atoms with Gasteiger partial charge in [0.25, 0.3) is 0 Å². The fourth-order valence-corrected chi connectivity index (χ4v) is 0.800. The average Bonchev–Trinajstić information content (AvgIpc) is 2.02. The van der Waals surface area contributed by atoms with Crippen LogP contribution in [-0.2, 0) is 4.79 Å². The predicted molar refractivity (Wildman–Crippen MR) is 55.5 cm³/mol. The van der Waals surface area contributed by atoms with Crippen LogP contribution in [0.25, 0.3) is 0 Å². The van der Waals surface area contributed by atoms with Gasteiger partial charge in [0, 0.05) is 5.54 Å². The predicted octanol–water partition coefficient (Wildman–Crippen LogP) is 2.46. The summed E-state index contributed by atoms with van der Waals surface area (Å²) in [5.41, 5.74) is -0.0850. The topological polar surface area (TPSA) is 29.1 Å². The molecule has 1 amide bonds. The molecular formula is C9H18BrNO. The van der Waals surface area contributed by atoms with Gasteiger partial charge in [0.1, 0.15) is 0 Å². The van der Waals surface area contributed by atoms with Crippen LogP contribution in [0, 0.1) is 0 Å². The molecule has 1 unspecified atom stereocenters. The van der Waals surface area contributed by atoms with Crippen molar-refractivity contribution in [2.45, 2.75) is 50.9 Å². The Morgan fingerprint density at radius 2 is 2.00 bits per heavy atom. The van der Waals surface area contributed by atoms with Crippen molar-refractivity contribution in [3.63, 3.8) is 0 Å². The average molecular weight is 236 g/mol. The second-order valence-electron chi connectivity index (χ2n) is 3.60. The Labute approximate surface area is 83.2 Å². The van der Waals surface area contributed by atoms with Gasteiger partial charge >= 0.3 is 0 Å². The zero-order valence-corrected chi connectivity index (χ0v) is 9.86. The lowest BCUT2D eigenvalue weighted by Gasteiger charge is -2.25. The van der Waals surface area contributed by atoms with Gasteiger partial charge in [-0.15, -0.1) is 0 Å². The third kappa shape index (κ3) is 4.10. The maximum atomic E-state index is 11.4. The summed E-state index contributed by atoms with van der Waals surface area (Å²) >= 11 is 3.31. The Balaban J connectivity index is 4.00. The number of amides is 1. The van der Waals surface area contributed by atoms with E-state index in [-0.39, 0.29) is 16.3 Å². The molecule has 0 rings (SSSR count). The molecule has 0 radical (unpaired) electrons. The molecule has 0 saturated heterocycles. The van der Waals surface area contributed by atoms with Crippen molar-refractivity contribution in [2.75, 3.05) is 0 Å². The van der Waals surface area contributed by atoms with E-state index in [0.29, 0.717) is 0 Å². The fourth-order valence-electron chi connectivity index (χ4n) is 0.686. The molecule has 0 aromatic carbocycles. The molecule has 0 aliphatic rings. The smallest absolute Gasteiger partial charge is 0.234 e. The first-order chi connectivity index (χ1) is 5.43. The van der Waals surface area contributed by atoms with Crippen LogP contribution in [0.1, 0.15) is 40.5 Å². The molecule has 0 aromatic rings. The van der Waals surface area contributed by atoms with Crippen molar-refractivity contribution in [1.29, 1.82) is 0 Å². The number of nitrogens with one attached hydrogen (secondary N) is 1. The van der Waals surface area contributed by atoms with Crippen LogP contribution in [0.5, 0.6) is 0 Å². The van der Waals surface area contributed by atoms with E-state index in [2.05, 4.69) is 28.2 Å². The van der Waals surface area contributed by atoms with Crippen LogP contribution in [-0.4, -0.2) is 16.3 Å². The number of hydrogen-bond donors (Lipinski definition) is 1. The second-order valence-corrected chi connectivity index (χ2v) is 4.71. The highest BCUT2D eigenvalue weighted by Gasteiger charge is 2.21. The van der Waals surface area contributed by atoms with Crippen LogP contribution < -0.4 is 5.32 Å². The molecule has 0 fully saturated rings. The Kier molecular flexibility index (Phi) is 4.83. The molecule has 72 valence electrons. The van der Waals surface area contributed by atoms with Crippen LogP contribution in [0.2, 0.25) is 0 Å². The highest BCUT2D eigenvalue weighted by atomic mass is 79.9. The molecule has 2 nitrogen and oxygen atoms in total. The monoisotopic (exact) mass is 235 g/mol. The molecule has 0 spiro atoms. The molecular weight excluding hydrogens is 218 g/mol. The van der Waals surface area contributed by atoms with E-state index >= 15 is 0 Å². The van der Waals surface area contributed by atoms with E-state index in [1.807, 2.05) is 20.8 Å². The van der Waals surface area contributed by atoms with E-state index in [1.54, 1.807) is 0 Å². The molecule has 1 atom stereocenters. The fraction of sp³-hybridized carbons (Fsp3) is 0.889. The Morgan fingerprint density at radius 3 is 2.33 bits per heavy atom. The van der Waals surface area contributed by atoms with Crippen LogP contribution in [0.15, 0.2) is 0 Å². The largest absolute Gasteiger partial charge is 0.350 e. The molecule has 1 N–H and O–H groups in total. The normalized spacial score (nSPS) is 14.1. The zero-order valence-electron chi connectivity index (χ0n) is 8.28. The van der Waals surface area contributed by atoms with Gasteiger partial charge in [-0.1, -0.05) is 29.8 Å². The minimum atomic E-state index is -0.0850. The highest BCUT2D eigenvalue weighted by molar-refractivity contribution is 9.10. The van der Waals surface area contributed by atoms with Gasteiger partial charge in [0.2, 0.25) is 5.91 Å². The first-order valence-corrected chi connectivity index (χ1v) is 5.30. The summed E-state index contributed by atoms with van der Waals surface area (Å²) in [5, 5.41) is 2.97. The summed E-state index contributed by atoms with van der Waals surface area (Å²) in [6, 6.07) is 0. The number of hydrogen-bond acceptors (Lipinski definition) is 1. The molecule has 0 aliphatic heterocycles. The molecule has 0 heterocycles. The molecule has 0 bridgehead atoms. The summed E-state index contributed by atoms with van der Waals surface area (Å²) in [6.07, 6.45) is 1.77.